The zero-order chi connectivity index (χ0) is 11.4. The third-order valence-corrected chi connectivity index (χ3v) is 3.04. The third kappa shape index (κ3) is 3.87. The van der Waals surface area contributed by atoms with Gasteiger partial charge in [-0.2, -0.15) is 0 Å². The summed E-state index contributed by atoms with van der Waals surface area (Å²) in [4.78, 5) is 2.47. The highest BCUT2D eigenvalue weighted by Crippen LogP contribution is 2.19. The van der Waals surface area contributed by atoms with Crippen molar-refractivity contribution in [2.24, 2.45) is 0 Å². The van der Waals surface area contributed by atoms with Crippen LogP contribution >= 0.6 is 12.4 Å². The Kier molecular flexibility index (Phi) is 5.75. The first-order valence-electron chi connectivity index (χ1n) is 5.87. The molecule has 0 amide bonds. The van der Waals surface area contributed by atoms with Crippen LogP contribution in [0.1, 0.15) is 12.5 Å². The fraction of sp³-hybridized carbons (Fsp3) is 0.538. The van der Waals surface area contributed by atoms with Crippen molar-refractivity contribution in [2.75, 3.05) is 26.7 Å². The molecule has 2 rings (SSSR count). The van der Waals surface area contributed by atoms with E-state index in [1.807, 2.05) is 12.1 Å². The monoisotopic (exact) mass is 256 g/mol. The van der Waals surface area contributed by atoms with E-state index in [1.165, 1.54) is 5.56 Å². The van der Waals surface area contributed by atoms with Gasteiger partial charge in [0.2, 0.25) is 0 Å². The van der Waals surface area contributed by atoms with Gasteiger partial charge in [-0.05, 0) is 13.0 Å². The first-order valence-corrected chi connectivity index (χ1v) is 5.87. The average Bonchev–Trinajstić information content (AvgIpc) is 2.30. The lowest BCUT2D eigenvalue weighted by molar-refractivity contribution is 0.197. The molecule has 0 aromatic heterocycles. The van der Waals surface area contributed by atoms with Crippen LogP contribution in [0.25, 0.3) is 0 Å². The topological polar surface area (TPSA) is 24.5 Å². The summed E-state index contributed by atoms with van der Waals surface area (Å²) in [7, 11) is 1.74. The highest BCUT2D eigenvalue weighted by molar-refractivity contribution is 5.85. The summed E-state index contributed by atoms with van der Waals surface area (Å²) in [5.74, 6) is 0.994. The van der Waals surface area contributed by atoms with E-state index >= 15 is 0 Å². The van der Waals surface area contributed by atoms with Gasteiger partial charge in [-0.25, -0.2) is 0 Å². The van der Waals surface area contributed by atoms with Gasteiger partial charge < -0.3 is 10.1 Å². The number of para-hydroxylation sites is 1. The van der Waals surface area contributed by atoms with E-state index in [2.05, 4.69) is 29.3 Å². The van der Waals surface area contributed by atoms with E-state index in [0.29, 0.717) is 6.04 Å². The quantitative estimate of drug-likeness (QED) is 0.894. The molecular weight excluding hydrogens is 236 g/mol. The number of methoxy groups -OCH3 is 1. The van der Waals surface area contributed by atoms with Crippen LogP contribution in [0, 0.1) is 0 Å². The molecule has 1 heterocycles. The average molecular weight is 257 g/mol. The smallest absolute Gasteiger partial charge is 0.123 e. The minimum absolute atomic E-state index is 0. The van der Waals surface area contributed by atoms with Gasteiger partial charge in [-0.1, -0.05) is 18.2 Å². The Morgan fingerprint density at radius 3 is 2.88 bits per heavy atom. The lowest BCUT2D eigenvalue weighted by atomic mass is 10.1. The minimum Gasteiger partial charge on any atom is -0.496 e. The normalized spacial score (nSPS) is 20.7. The van der Waals surface area contributed by atoms with Crippen molar-refractivity contribution >= 4 is 12.4 Å². The van der Waals surface area contributed by atoms with Crippen LogP contribution in [0.15, 0.2) is 24.3 Å². The lowest BCUT2D eigenvalue weighted by Gasteiger charge is -2.32. The van der Waals surface area contributed by atoms with Gasteiger partial charge >= 0.3 is 0 Å². The summed E-state index contributed by atoms with van der Waals surface area (Å²) in [6.45, 7) is 6.52. The molecule has 1 N–H and O–H groups in total. The van der Waals surface area contributed by atoms with E-state index in [9.17, 15) is 0 Å². The first-order chi connectivity index (χ1) is 7.79. The molecule has 0 spiro atoms. The number of rotatable bonds is 3. The highest BCUT2D eigenvalue weighted by atomic mass is 35.5. The molecule has 3 nitrogen and oxygen atoms in total. The number of nitrogens with zero attached hydrogens (tertiary/aromatic N) is 1. The summed E-state index contributed by atoms with van der Waals surface area (Å²) < 4.78 is 5.37. The van der Waals surface area contributed by atoms with Gasteiger partial charge in [0.25, 0.3) is 0 Å². The Morgan fingerprint density at radius 1 is 1.41 bits per heavy atom. The van der Waals surface area contributed by atoms with Crippen LogP contribution in [-0.2, 0) is 6.54 Å². The molecule has 4 heteroatoms. The largest absolute Gasteiger partial charge is 0.496 e. The molecule has 0 bridgehead atoms. The summed E-state index contributed by atoms with van der Waals surface area (Å²) in [5, 5.41) is 3.45. The Morgan fingerprint density at radius 2 is 2.18 bits per heavy atom. The fourth-order valence-electron chi connectivity index (χ4n) is 2.23. The van der Waals surface area contributed by atoms with E-state index in [-0.39, 0.29) is 12.4 Å². The maximum absolute atomic E-state index is 5.37. The molecule has 0 unspecified atom stereocenters. The van der Waals surface area contributed by atoms with Crippen LogP contribution in [0.2, 0.25) is 0 Å². The van der Waals surface area contributed by atoms with Crippen molar-refractivity contribution in [3.8, 4) is 5.75 Å². The first kappa shape index (κ1) is 14.3. The minimum atomic E-state index is 0. The molecule has 1 aromatic carbocycles. The van der Waals surface area contributed by atoms with Crippen molar-refractivity contribution in [2.45, 2.75) is 19.5 Å². The van der Waals surface area contributed by atoms with E-state index in [0.717, 1.165) is 31.9 Å². The maximum Gasteiger partial charge on any atom is 0.123 e. The third-order valence-electron chi connectivity index (χ3n) is 3.04. The fourth-order valence-corrected chi connectivity index (χ4v) is 2.23. The second-order valence-corrected chi connectivity index (χ2v) is 4.40. The summed E-state index contributed by atoms with van der Waals surface area (Å²) in [6.07, 6.45) is 0. The van der Waals surface area contributed by atoms with Gasteiger partial charge in [-0.3, -0.25) is 4.90 Å². The molecule has 0 radical (unpaired) electrons. The highest BCUT2D eigenvalue weighted by Gasteiger charge is 2.16. The van der Waals surface area contributed by atoms with E-state index in [4.69, 9.17) is 4.74 Å². The van der Waals surface area contributed by atoms with E-state index in [1.54, 1.807) is 7.11 Å². The molecule has 0 aliphatic carbocycles. The van der Waals surface area contributed by atoms with Crippen molar-refractivity contribution in [1.29, 1.82) is 0 Å². The van der Waals surface area contributed by atoms with Crippen LogP contribution in [0.4, 0.5) is 0 Å². The molecular formula is C13H21ClN2O. The zero-order valence-electron chi connectivity index (χ0n) is 10.5. The van der Waals surface area contributed by atoms with Crippen LogP contribution in [0.3, 0.4) is 0 Å². The van der Waals surface area contributed by atoms with Gasteiger partial charge in [0, 0.05) is 37.8 Å². The molecule has 1 aliphatic heterocycles. The molecule has 17 heavy (non-hydrogen) atoms. The number of benzene rings is 1. The van der Waals surface area contributed by atoms with E-state index < -0.39 is 0 Å². The van der Waals surface area contributed by atoms with Crippen LogP contribution < -0.4 is 10.1 Å². The van der Waals surface area contributed by atoms with Gasteiger partial charge in [0.15, 0.2) is 0 Å². The molecule has 1 saturated heterocycles. The standard InChI is InChI=1S/C13H20N2O.ClH/c1-11-9-15(8-7-14-11)10-12-5-3-4-6-13(12)16-2;/h3-6,11,14H,7-10H2,1-2H3;1H/t11-;/m1./s1. The van der Waals surface area contributed by atoms with Crippen LogP contribution in [0.5, 0.6) is 5.75 Å². The Hall–Kier alpha value is -0.770. The van der Waals surface area contributed by atoms with Gasteiger partial charge in [0.05, 0.1) is 7.11 Å². The molecule has 96 valence electrons. The van der Waals surface area contributed by atoms with Crippen molar-refractivity contribution in [3.63, 3.8) is 0 Å². The number of ether oxygens (including phenoxy) is 1. The number of halogens is 1. The lowest BCUT2D eigenvalue weighted by Crippen LogP contribution is -2.48. The number of hydrogen-bond acceptors (Lipinski definition) is 3. The molecule has 1 aromatic rings. The predicted octanol–water partition coefficient (Wildman–Crippen LogP) is 1.91. The van der Waals surface area contributed by atoms with Gasteiger partial charge in [-0.15, -0.1) is 12.4 Å². The van der Waals surface area contributed by atoms with Crippen molar-refractivity contribution < 1.29 is 4.74 Å². The van der Waals surface area contributed by atoms with Crippen molar-refractivity contribution in [1.82, 2.24) is 10.2 Å². The second-order valence-electron chi connectivity index (χ2n) is 4.40. The number of nitrogens with one attached hydrogen (secondary N) is 1. The zero-order valence-corrected chi connectivity index (χ0v) is 11.3. The molecule has 1 aliphatic rings. The molecule has 1 fully saturated rings. The predicted molar refractivity (Wildman–Crippen MR) is 73.0 cm³/mol. The van der Waals surface area contributed by atoms with Crippen molar-refractivity contribution in [3.05, 3.63) is 29.8 Å². The SMILES string of the molecule is COc1ccccc1CN1CCN[C@H](C)C1.Cl. The Labute approximate surface area is 110 Å². The summed E-state index contributed by atoms with van der Waals surface area (Å²) >= 11 is 0. The van der Waals surface area contributed by atoms with Gasteiger partial charge in [0.1, 0.15) is 5.75 Å². The Bertz CT molecular complexity index is 346. The summed E-state index contributed by atoms with van der Waals surface area (Å²) in [6, 6.07) is 8.85. The molecule has 1 atom stereocenters. The van der Waals surface area contributed by atoms with Crippen LogP contribution in [-0.4, -0.2) is 37.7 Å². The summed E-state index contributed by atoms with van der Waals surface area (Å²) in [5.41, 5.74) is 1.28. The molecule has 0 saturated carbocycles. The Balaban J connectivity index is 0.00000144. The number of hydrogen-bond donors (Lipinski definition) is 1. The maximum atomic E-state index is 5.37. The number of piperazine rings is 1. The second kappa shape index (κ2) is 6.84.